The standard InChI is InChI=1S/C23H23ClN4O2S2/c1-32(29,30)27-11-8-19(9-12-27)28-15-26-20-7-4-17(14-21(20)28)22(23-25-10-13-31-23)16-2-5-18(24)6-3-16/h2-7,10,13-15,19,22H,8-9,11-12H2,1H3. The van der Waals surface area contributed by atoms with Gasteiger partial charge in [0.15, 0.2) is 0 Å². The van der Waals surface area contributed by atoms with Crippen LogP contribution in [-0.4, -0.2) is 46.6 Å². The fourth-order valence-corrected chi connectivity index (χ4v) is 6.27. The van der Waals surface area contributed by atoms with Crippen molar-refractivity contribution < 1.29 is 8.42 Å². The largest absolute Gasteiger partial charge is 0.327 e. The number of hydrogen-bond acceptors (Lipinski definition) is 5. The van der Waals surface area contributed by atoms with Crippen LogP contribution in [0.5, 0.6) is 0 Å². The zero-order valence-corrected chi connectivity index (χ0v) is 19.9. The van der Waals surface area contributed by atoms with Crippen LogP contribution >= 0.6 is 22.9 Å². The molecule has 0 radical (unpaired) electrons. The van der Waals surface area contributed by atoms with Crippen LogP contribution in [0.15, 0.2) is 60.4 Å². The molecule has 4 aromatic rings. The maximum Gasteiger partial charge on any atom is 0.211 e. The summed E-state index contributed by atoms with van der Waals surface area (Å²) in [6, 6.07) is 14.5. The van der Waals surface area contributed by atoms with E-state index in [9.17, 15) is 8.42 Å². The van der Waals surface area contributed by atoms with E-state index < -0.39 is 10.0 Å². The normalized spacial score (nSPS) is 17.1. The van der Waals surface area contributed by atoms with Crippen molar-refractivity contribution in [3.05, 3.63) is 81.5 Å². The van der Waals surface area contributed by atoms with Crippen molar-refractivity contribution in [2.45, 2.75) is 24.8 Å². The Balaban J connectivity index is 1.52. The number of aromatic nitrogens is 3. The highest BCUT2D eigenvalue weighted by Crippen LogP contribution is 2.36. The van der Waals surface area contributed by atoms with Gasteiger partial charge in [0.2, 0.25) is 10.0 Å². The molecule has 1 saturated heterocycles. The van der Waals surface area contributed by atoms with Crippen LogP contribution in [0.1, 0.15) is 40.9 Å². The Bertz CT molecular complexity index is 1330. The van der Waals surface area contributed by atoms with Crippen LogP contribution in [0.25, 0.3) is 11.0 Å². The second-order valence-corrected chi connectivity index (χ2v) is 11.5. The molecular formula is C23H23ClN4O2S2. The summed E-state index contributed by atoms with van der Waals surface area (Å²) in [7, 11) is -3.14. The van der Waals surface area contributed by atoms with E-state index in [4.69, 9.17) is 11.6 Å². The van der Waals surface area contributed by atoms with Crippen molar-refractivity contribution in [3.63, 3.8) is 0 Å². The van der Waals surface area contributed by atoms with Gasteiger partial charge in [-0.2, -0.15) is 0 Å². The second kappa shape index (κ2) is 8.59. The maximum atomic E-state index is 11.9. The molecule has 6 nitrogen and oxygen atoms in total. The first-order valence-electron chi connectivity index (χ1n) is 10.5. The summed E-state index contributed by atoms with van der Waals surface area (Å²) < 4.78 is 27.5. The lowest BCUT2D eigenvalue weighted by atomic mass is 9.91. The van der Waals surface area contributed by atoms with Crippen molar-refractivity contribution in [3.8, 4) is 0 Å². The van der Waals surface area contributed by atoms with Crippen molar-refractivity contribution >= 4 is 44.0 Å². The summed E-state index contributed by atoms with van der Waals surface area (Å²) in [5.74, 6) is 0.00657. The molecule has 5 rings (SSSR count). The summed E-state index contributed by atoms with van der Waals surface area (Å²) in [4.78, 5) is 9.21. The van der Waals surface area contributed by atoms with Gasteiger partial charge in [-0.05, 0) is 48.2 Å². The van der Waals surface area contributed by atoms with Gasteiger partial charge in [0.25, 0.3) is 0 Å². The molecule has 3 heterocycles. The predicted molar refractivity (Wildman–Crippen MR) is 129 cm³/mol. The van der Waals surface area contributed by atoms with E-state index in [2.05, 4.69) is 44.9 Å². The fourth-order valence-electron chi connectivity index (χ4n) is 4.48. The molecule has 1 aliphatic rings. The van der Waals surface area contributed by atoms with E-state index in [0.29, 0.717) is 18.1 Å². The number of sulfonamides is 1. The fraction of sp³-hybridized carbons (Fsp3) is 0.304. The van der Waals surface area contributed by atoms with Crippen LogP contribution in [0.2, 0.25) is 5.02 Å². The van der Waals surface area contributed by atoms with Crippen LogP contribution in [0.4, 0.5) is 0 Å². The molecular weight excluding hydrogens is 464 g/mol. The first kappa shape index (κ1) is 21.6. The average Bonchev–Trinajstić information content (AvgIpc) is 3.45. The average molecular weight is 487 g/mol. The van der Waals surface area contributed by atoms with Crippen molar-refractivity contribution in [2.24, 2.45) is 0 Å². The molecule has 0 aliphatic carbocycles. The van der Waals surface area contributed by atoms with Gasteiger partial charge in [-0.1, -0.05) is 29.8 Å². The molecule has 32 heavy (non-hydrogen) atoms. The number of halogens is 1. The van der Waals surface area contributed by atoms with E-state index in [1.54, 1.807) is 15.6 Å². The lowest BCUT2D eigenvalue weighted by Gasteiger charge is -2.31. The third-order valence-electron chi connectivity index (χ3n) is 6.12. The Morgan fingerprint density at radius 3 is 2.44 bits per heavy atom. The van der Waals surface area contributed by atoms with E-state index in [0.717, 1.165) is 40.0 Å². The number of thiazole rings is 1. The molecule has 2 aromatic heterocycles. The summed E-state index contributed by atoms with van der Waals surface area (Å²) in [5, 5.41) is 3.73. The molecule has 1 fully saturated rings. The highest BCUT2D eigenvalue weighted by Gasteiger charge is 2.27. The quantitative estimate of drug-likeness (QED) is 0.401. The monoisotopic (exact) mass is 486 g/mol. The first-order chi connectivity index (χ1) is 15.4. The molecule has 1 atom stereocenters. The molecule has 0 amide bonds. The highest BCUT2D eigenvalue weighted by molar-refractivity contribution is 7.88. The zero-order chi connectivity index (χ0) is 22.3. The minimum Gasteiger partial charge on any atom is -0.327 e. The summed E-state index contributed by atoms with van der Waals surface area (Å²) in [5.41, 5.74) is 4.28. The minimum atomic E-state index is -3.14. The van der Waals surface area contributed by atoms with Crippen LogP contribution in [-0.2, 0) is 10.0 Å². The first-order valence-corrected chi connectivity index (χ1v) is 13.6. The Morgan fingerprint density at radius 1 is 1.06 bits per heavy atom. The van der Waals surface area contributed by atoms with Gasteiger partial charge in [-0.15, -0.1) is 11.3 Å². The van der Waals surface area contributed by atoms with Gasteiger partial charge in [0.05, 0.1) is 29.5 Å². The molecule has 1 aliphatic heterocycles. The van der Waals surface area contributed by atoms with Crippen molar-refractivity contribution in [2.75, 3.05) is 19.3 Å². The molecule has 1 unspecified atom stereocenters. The van der Waals surface area contributed by atoms with Gasteiger partial charge in [-0.25, -0.2) is 22.7 Å². The topological polar surface area (TPSA) is 68.1 Å². The SMILES string of the molecule is CS(=O)(=O)N1CCC(n2cnc3ccc(C(c4ccc(Cl)cc4)c4nccs4)cc32)CC1. The number of piperidine rings is 1. The third-order valence-corrected chi connectivity index (χ3v) is 8.52. The molecule has 9 heteroatoms. The summed E-state index contributed by atoms with van der Waals surface area (Å²) >= 11 is 7.77. The minimum absolute atomic E-state index is 0.00657. The van der Waals surface area contributed by atoms with E-state index in [-0.39, 0.29) is 12.0 Å². The van der Waals surface area contributed by atoms with Crippen molar-refractivity contribution in [1.82, 2.24) is 18.8 Å². The van der Waals surface area contributed by atoms with Crippen LogP contribution in [0.3, 0.4) is 0 Å². The molecule has 0 saturated carbocycles. The van der Waals surface area contributed by atoms with Gasteiger partial charge in [0, 0.05) is 35.7 Å². The molecule has 166 valence electrons. The molecule has 0 N–H and O–H groups in total. The number of fused-ring (bicyclic) bond motifs is 1. The number of imidazole rings is 1. The number of rotatable bonds is 5. The molecule has 0 bridgehead atoms. The van der Waals surface area contributed by atoms with Crippen LogP contribution in [0, 0.1) is 0 Å². The zero-order valence-electron chi connectivity index (χ0n) is 17.6. The Kier molecular flexibility index (Phi) is 5.79. The number of hydrogen-bond donors (Lipinski definition) is 0. The Hall–Kier alpha value is -2.26. The van der Waals surface area contributed by atoms with Gasteiger partial charge in [0.1, 0.15) is 5.01 Å². The van der Waals surface area contributed by atoms with Crippen LogP contribution < -0.4 is 0 Å². The molecule has 2 aromatic carbocycles. The summed E-state index contributed by atoms with van der Waals surface area (Å²) in [6.07, 6.45) is 6.55. The highest BCUT2D eigenvalue weighted by atomic mass is 35.5. The van der Waals surface area contributed by atoms with E-state index in [1.165, 1.54) is 6.26 Å². The number of benzene rings is 2. The third kappa shape index (κ3) is 4.20. The van der Waals surface area contributed by atoms with E-state index >= 15 is 0 Å². The summed E-state index contributed by atoms with van der Waals surface area (Å²) in [6.45, 7) is 1.07. The van der Waals surface area contributed by atoms with Crippen molar-refractivity contribution in [1.29, 1.82) is 0 Å². The van der Waals surface area contributed by atoms with Gasteiger partial charge in [-0.3, -0.25) is 0 Å². The lowest BCUT2D eigenvalue weighted by Crippen LogP contribution is -2.38. The van der Waals surface area contributed by atoms with Gasteiger partial charge >= 0.3 is 0 Å². The maximum absolute atomic E-state index is 11.9. The van der Waals surface area contributed by atoms with E-state index in [1.807, 2.05) is 30.0 Å². The number of nitrogens with zero attached hydrogens (tertiary/aromatic N) is 4. The lowest BCUT2D eigenvalue weighted by molar-refractivity contribution is 0.278. The van der Waals surface area contributed by atoms with Gasteiger partial charge < -0.3 is 4.57 Å². The predicted octanol–water partition coefficient (Wildman–Crippen LogP) is 4.92. The Labute approximate surface area is 196 Å². The smallest absolute Gasteiger partial charge is 0.211 e. The second-order valence-electron chi connectivity index (χ2n) is 8.15. The molecule has 0 spiro atoms. The Morgan fingerprint density at radius 2 is 1.78 bits per heavy atom.